The topological polar surface area (TPSA) is 17.1 Å². The Kier molecular flexibility index (Phi) is 8.63. The lowest BCUT2D eigenvalue weighted by atomic mass is 9.83. The maximum absolute atomic E-state index is 10.1. The van der Waals surface area contributed by atoms with E-state index in [9.17, 15) is 4.79 Å². The third-order valence-electron chi connectivity index (χ3n) is 8.83. The fourth-order valence-electron chi connectivity index (χ4n) is 5.78. The smallest absolute Gasteiger partial charge is 0.120 e. The van der Waals surface area contributed by atoms with Gasteiger partial charge in [-0.25, -0.2) is 0 Å². The van der Waals surface area contributed by atoms with Crippen molar-refractivity contribution in [3.63, 3.8) is 0 Å². The highest BCUT2D eigenvalue weighted by atomic mass is 16.1. The van der Waals surface area contributed by atoms with Crippen molar-refractivity contribution in [2.45, 2.75) is 119 Å². The number of allylic oxidation sites excluding steroid dienone is 1. The standard InChI is InChI=1S/C10H18O.2C9H16/c1-4-5-7-10(2,3)8-6-9-11;2*1-7-3-4-9(2)6-8(9)5-7/h4,9H,1,5-8H2,2-3H3;2*7-8H,3-6H2,1-2H3. The summed E-state index contributed by atoms with van der Waals surface area (Å²) in [4.78, 5) is 10.1. The summed E-state index contributed by atoms with van der Waals surface area (Å²) in [6.07, 6.45) is 18.9. The molecule has 0 radical (unpaired) electrons. The molecule has 0 spiro atoms. The van der Waals surface area contributed by atoms with E-state index in [0.717, 1.165) is 60.1 Å². The van der Waals surface area contributed by atoms with Crippen LogP contribution < -0.4 is 0 Å². The van der Waals surface area contributed by atoms with Gasteiger partial charge < -0.3 is 4.79 Å². The van der Waals surface area contributed by atoms with Crippen LogP contribution in [0, 0.1) is 39.9 Å². The molecule has 0 bridgehead atoms. The third kappa shape index (κ3) is 7.87. The minimum Gasteiger partial charge on any atom is -0.303 e. The summed E-state index contributed by atoms with van der Waals surface area (Å²) < 4.78 is 0. The average Bonchev–Trinajstić information content (AvgIpc) is 3.53. The second kappa shape index (κ2) is 10.1. The first-order valence-electron chi connectivity index (χ1n) is 12.6. The van der Waals surface area contributed by atoms with E-state index < -0.39 is 0 Å². The van der Waals surface area contributed by atoms with Crippen molar-refractivity contribution in [2.24, 2.45) is 39.9 Å². The minimum absolute atomic E-state index is 0.301. The molecule has 0 aromatic carbocycles. The molecule has 0 amide bonds. The Morgan fingerprint density at radius 2 is 1.34 bits per heavy atom. The summed E-state index contributed by atoms with van der Waals surface area (Å²) in [7, 11) is 0. The molecule has 0 aliphatic heterocycles. The Hall–Kier alpha value is -0.590. The Labute approximate surface area is 182 Å². The number of aldehydes is 1. The van der Waals surface area contributed by atoms with Gasteiger partial charge in [-0.1, -0.05) is 60.5 Å². The van der Waals surface area contributed by atoms with E-state index in [2.05, 4.69) is 48.1 Å². The van der Waals surface area contributed by atoms with Gasteiger partial charge >= 0.3 is 0 Å². The van der Waals surface area contributed by atoms with Crippen LogP contribution in [-0.4, -0.2) is 6.29 Å². The van der Waals surface area contributed by atoms with Crippen molar-refractivity contribution in [1.29, 1.82) is 0 Å². The molecule has 4 rings (SSSR count). The molecular weight excluding hydrogens is 352 g/mol. The Morgan fingerprint density at radius 1 is 0.897 bits per heavy atom. The summed E-state index contributed by atoms with van der Waals surface area (Å²) >= 11 is 0. The second-order valence-corrected chi connectivity index (χ2v) is 12.6. The number of fused-ring (bicyclic) bond motifs is 2. The van der Waals surface area contributed by atoms with Crippen LogP contribution >= 0.6 is 0 Å². The van der Waals surface area contributed by atoms with Crippen molar-refractivity contribution < 1.29 is 4.79 Å². The molecule has 1 nitrogen and oxygen atoms in total. The lowest BCUT2D eigenvalue weighted by Crippen LogP contribution is -2.10. The van der Waals surface area contributed by atoms with E-state index in [0.29, 0.717) is 11.8 Å². The van der Waals surface area contributed by atoms with E-state index in [1.54, 1.807) is 0 Å². The first-order chi connectivity index (χ1) is 13.5. The molecule has 0 heterocycles. The minimum atomic E-state index is 0.301. The number of carbonyl (C=O) groups excluding carboxylic acids is 1. The number of rotatable bonds is 6. The van der Waals surface area contributed by atoms with Crippen molar-refractivity contribution in [3.05, 3.63) is 12.7 Å². The molecule has 6 atom stereocenters. The number of carbonyl (C=O) groups is 1. The van der Waals surface area contributed by atoms with Gasteiger partial charge in [0.1, 0.15) is 6.29 Å². The van der Waals surface area contributed by atoms with Crippen molar-refractivity contribution in [1.82, 2.24) is 0 Å². The zero-order valence-corrected chi connectivity index (χ0v) is 20.6. The zero-order valence-electron chi connectivity index (χ0n) is 20.6. The van der Waals surface area contributed by atoms with Crippen molar-refractivity contribution in [3.8, 4) is 0 Å². The van der Waals surface area contributed by atoms with Crippen LogP contribution in [0.5, 0.6) is 0 Å². The van der Waals surface area contributed by atoms with E-state index in [4.69, 9.17) is 0 Å². The summed E-state index contributed by atoms with van der Waals surface area (Å²) in [5, 5.41) is 0. The second-order valence-electron chi connectivity index (χ2n) is 12.6. The molecule has 4 aliphatic carbocycles. The highest BCUT2D eigenvalue weighted by molar-refractivity contribution is 5.49. The van der Waals surface area contributed by atoms with Crippen LogP contribution in [0.15, 0.2) is 12.7 Å². The highest BCUT2D eigenvalue weighted by Gasteiger charge is 2.52. The molecule has 0 N–H and O–H groups in total. The molecule has 0 aromatic rings. The summed E-state index contributed by atoms with van der Waals surface area (Å²) in [5.41, 5.74) is 1.95. The lowest BCUT2D eigenvalue weighted by molar-refractivity contribution is -0.108. The molecule has 0 saturated heterocycles. The van der Waals surface area contributed by atoms with Crippen LogP contribution in [0.1, 0.15) is 119 Å². The molecule has 168 valence electrons. The molecule has 29 heavy (non-hydrogen) atoms. The van der Waals surface area contributed by atoms with Crippen LogP contribution in [0.4, 0.5) is 0 Å². The third-order valence-corrected chi connectivity index (χ3v) is 8.83. The first-order valence-corrected chi connectivity index (χ1v) is 12.6. The van der Waals surface area contributed by atoms with Gasteiger partial charge in [-0.3, -0.25) is 0 Å². The highest BCUT2D eigenvalue weighted by Crippen LogP contribution is 2.62. The Balaban J connectivity index is 0.000000156. The van der Waals surface area contributed by atoms with Gasteiger partial charge in [0, 0.05) is 6.42 Å². The molecule has 4 saturated carbocycles. The summed E-state index contributed by atoms with van der Waals surface area (Å²) in [6.45, 7) is 17.8. The van der Waals surface area contributed by atoms with E-state index in [-0.39, 0.29) is 0 Å². The molecule has 1 heteroatoms. The van der Waals surface area contributed by atoms with Gasteiger partial charge in [0.25, 0.3) is 0 Å². The molecule has 4 aliphatic rings. The fourth-order valence-corrected chi connectivity index (χ4v) is 5.78. The van der Waals surface area contributed by atoms with E-state index in [1.807, 2.05) is 6.08 Å². The Bertz CT molecular complexity index is 488. The quantitative estimate of drug-likeness (QED) is 0.321. The summed E-state index contributed by atoms with van der Waals surface area (Å²) in [6, 6.07) is 0. The SMILES string of the molecule is C=CCCC(C)(C)CCC=O.CC1CCC2(C)CC2C1.CC1CCC2(C)CC2C1. The fraction of sp³-hybridized carbons (Fsp3) is 0.893. The largest absolute Gasteiger partial charge is 0.303 e. The van der Waals surface area contributed by atoms with Gasteiger partial charge in [0.15, 0.2) is 0 Å². The van der Waals surface area contributed by atoms with E-state index >= 15 is 0 Å². The molecular formula is C28H50O. The Morgan fingerprint density at radius 3 is 1.69 bits per heavy atom. The van der Waals surface area contributed by atoms with E-state index in [1.165, 1.54) is 51.4 Å². The van der Waals surface area contributed by atoms with Crippen molar-refractivity contribution in [2.75, 3.05) is 0 Å². The number of hydrogen-bond acceptors (Lipinski definition) is 1. The predicted molar refractivity (Wildman–Crippen MR) is 127 cm³/mol. The van der Waals surface area contributed by atoms with Gasteiger partial charge in [0.05, 0.1) is 0 Å². The number of hydrogen-bond donors (Lipinski definition) is 0. The average molecular weight is 403 g/mol. The van der Waals surface area contributed by atoms with Gasteiger partial charge in [-0.05, 0) is 97.7 Å². The van der Waals surface area contributed by atoms with Crippen LogP contribution in [0.3, 0.4) is 0 Å². The van der Waals surface area contributed by atoms with Crippen LogP contribution in [-0.2, 0) is 4.79 Å². The molecule has 4 fully saturated rings. The maximum atomic E-state index is 10.1. The zero-order chi connectivity index (χ0) is 21.7. The van der Waals surface area contributed by atoms with Gasteiger partial charge in [-0.2, -0.15) is 0 Å². The van der Waals surface area contributed by atoms with Crippen molar-refractivity contribution >= 4 is 6.29 Å². The van der Waals surface area contributed by atoms with Crippen LogP contribution in [0.2, 0.25) is 0 Å². The summed E-state index contributed by atoms with van der Waals surface area (Å²) in [5.74, 6) is 4.32. The maximum Gasteiger partial charge on any atom is 0.120 e. The van der Waals surface area contributed by atoms with Gasteiger partial charge in [0.2, 0.25) is 0 Å². The predicted octanol–water partition coefficient (Wildman–Crippen LogP) is 8.62. The lowest BCUT2D eigenvalue weighted by Gasteiger charge is -2.22. The monoisotopic (exact) mass is 402 g/mol. The normalized spacial score (nSPS) is 39.4. The van der Waals surface area contributed by atoms with Gasteiger partial charge in [-0.15, -0.1) is 6.58 Å². The van der Waals surface area contributed by atoms with Crippen LogP contribution in [0.25, 0.3) is 0 Å². The first kappa shape index (κ1) is 24.7. The molecule has 0 aromatic heterocycles. The molecule has 6 unspecified atom stereocenters.